The minimum absolute atomic E-state index is 0.539. The fourth-order valence-corrected chi connectivity index (χ4v) is 1.32. The van der Waals surface area contributed by atoms with Crippen molar-refractivity contribution in [2.75, 3.05) is 20.8 Å². The molecule has 0 spiro atoms. The topological polar surface area (TPSA) is 21.3 Å². The van der Waals surface area contributed by atoms with Crippen LogP contribution in [0.15, 0.2) is 12.7 Å². The molecule has 0 aromatic heterocycles. The Morgan fingerprint density at radius 3 is 2.67 bits per heavy atom. The van der Waals surface area contributed by atoms with Crippen LogP contribution in [-0.2, 0) is 4.74 Å². The zero-order chi connectivity index (χ0) is 9.40. The first-order chi connectivity index (χ1) is 5.76. The molecular formula is C10H21NO. The fraction of sp³-hybridized carbons (Fsp3) is 0.800. The molecule has 0 radical (unpaired) electrons. The van der Waals surface area contributed by atoms with E-state index in [4.69, 9.17) is 4.74 Å². The molecule has 0 saturated carbocycles. The van der Waals surface area contributed by atoms with Crippen LogP contribution in [0.1, 0.15) is 19.8 Å². The van der Waals surface area contributed by atoms with Crippen molar-refractivity contribution >= 4 is 0 Å². The van der Waals surface area contributed by atoms with Crippen molar-refractivity contribution < 1.29 is 4.74 Å². The number of hydrogen-bond donors (Lipinski definition) is 1. The van der Waals surface area contributed by atoms with Crippen molar-refractivity contribution in [2.45, 2.75) is 25.8 Å². The Morgan fingerprint density at radius 1 is 1.58 bits per heavy atom. The standard InChI is InChI=1S/C10H21NO/c1-5-6-10(11-3)9(2)7-8-12-4/h5,9-11H,1,6-8H2,2-4H3. The highest BCUT2D eigenvalue weighted by molar-refractivity contribution is 4.80. The third-order valence-electron chi connectivity index (χ3n) is 2.26. The molecular weight excluding hydrogens is 150 g/mol. The van der Waals surface area contributed by atoms with Crippen molar-refractivity contribution in [1.29, 1.82) is 0 Å². The van der Waals surface area contributed by atoms with Gasteiger partial charge in [-0.15, -0.1) is 6.58 Å². The van der Waals surface area contributed by atoms with Gasteiger partial charge in [-0.1, -0.05) is 13.0 Å². The molecule has 0 fully saturated rings. The van der Waals surface area contributed by atoms with Crippen LogP contribution >= 0.6 is 0 Å². The summed E-state index contributed by atoms with van der Waals surface area (Å²) >= 11 is 0. The van der Waals surface area contributed by atoms with Gasteiger partial charge in [-0.25, -0.2) is 0 Å². The lowest BCUT2D eigenvalue weighted by Crippen LogP contribution is -2.32. The largest absolute Gasteiger partial charge is 0.385 e. The molecule has 0 heterocycles. The highest BCUT2D eigenvalue weighted by Crippen LogP contribution is 2.11. The lowest BCUT2D eigenvalue weighted by atomic mass is 9.96. The van der Waals surface area contributed by atoms with Gasteiger partial charge in [-0.2, -0.15) is 0 Å². The summed E-state index contributed by atoms with van der Waals surface area (Å²) in [6.45, 7) is 6.82. The lowest BCUT2D eigenvalue weighted by Gasteiger charge is -2.21. The molecule has 0 aromatic rings. The Labute approximate surface area is 76.0 Å². The van der Waals surface area contributed by atoms with E-state index in [-0.39, 0.29) is 0 Å². The molecule has 0 aliphatic heterocycles. The molecule has 0 amide bonds. The maximum atomic E-state index is 5.03. The van der Waals surface area contributed by atoms with Gasteiger partial charge < -0.3 is 10.1 Å². The second-order valence-corrected chi connectivity index (χ2v) is 3.18. The molecule has 0 aliphatic carbocycles. The van der Waals surface area contributed by atoms with E-state index in [1.54, 1.807) is 7.11 Å². The van der Waals surface area contributed by atoms with Gasteiger partial charge in [0.25, 0.3) is 0 Å². The third-order valence-corrected chi connectivity index (χ3v) is 2.26. The molecule has 0 rings (SSSR count). The summed E-state index contributed by atoms with van der Waals surface area (Å²) in [5, 5.41) is 3.28. The molecule has 2 heteroatoms. The fourth-order valence-electron chi connectivity index (χ4n) is 1.32. The number of rotatable bonds is 7. The van der Waals surface area contributed by atoms with Crippen molar-refractivity contribution in [3.63, 3.8) is 0 Å². The van der Waals surface area contributed by atoms with Crippen LogP contribution in [0, 0.1) is 5.92 Å². The summed E-state index contributed by atoms with van der Waals surface area (Å²) in [4.78, 5) is 0. The quantitative estimate of drug-likeness (QED) is 0.590. The highest BCUT2D eigenvalue weighted by Gasteiger charge is 2.12. The van der Waals surface area contributed by atoms with Crippen LogP contribution in [0.25, 0.3) is 0 Å². The number of ether oxygens (including phenoxy) is 1. The van der Waals surface area contributed by atoms with Crippen molar-refractivity contribution in [1.82, 2.24) is 5.32 Å². The zero-order valence-corrected chi connectivity index (χ0v) is 8.47. The van der Waals surface area contributed by atoms with E-state index < -0.39 is 0 Å². The lowest BCUT2D eigenvalue weighted by molar-refractivity contribution is 0.171. The van der Waals surface area contributed by atoms with Gasteiger partial charge in [0.1, 0.15) is 0 Å². The highest BCUT2D eigenvalue weighted by atomic mass is 16.5. The van der Waals surface area contributed by atoms with E-state index in [1.807, 2.05) is 13.1 Å². The van der Waals surface area contributed by atoms with Gasteiger partial charge in [0, 0.05) is 19.8 Å². The summed E-state index contributed by atoms with van der Waals surface area (Å²) < 4.78 is 5.03. The Morgan fingerprint density at radius 2 is 2.25 bits per heavy atom. The van der Waals surface area contributed by atoms with Crippen molar-refractivity contribution in [3.8, 4) is 0 Å². The van der Waals surface area contributed by atoms with Crippen LogP contribution in [0.5, 0.6) is 0 Å². The summed E-state index contributed by atoms with van der Waals surface area (Å²) in [6.07, 6.45) is 4.10. The normalized spacial score (nSPS) is 15.6. The van der Waals surface area contributed by atoms with Crippen molar-refractivity contribution in [2.24, 2.45) is 5.92 Å². The Balaban J connectivity index is 3.67. The number of hydrogen-bond acceptors (Lipinski definition) is 2. The Kier molecular flexibility index (Phi) is 7.11. The van der Waals surface area contributed by atoms with Crippen LogP contribution in [0.4, 0.5) is 0 Å². The van der Waals surface area contributed by atoms with E-state index in [0.717, 1.165) is 19.4 Å². The van der Waals surface area contributed by atoms with Gasteiger partial charge in [0.2, 0.25) is 0 Å². The molecule has 0 saturated heterocycles. The van der Waals surface area contributed by atoms with E-state index in [2.05, 4.69) is 18.8 Å². The van der Waals surface area contributed by atoms with Gasteiger partial charge >= 0.3 is 0 Å². The van der Waals surface area contributed by atoms with E-state index >= 15 is 0 Å². The molecule has 0 aromatic carbocycles. The average molecular weight is 171 g/mol. The Hall–Kier alpha value is -0.340. The minimum atomic E-state index is 0.539. The molecule has 72 valence electrons. The van der Waals surface area contributed by atoms with Crippen molar-refractivity contribution in [3.05, 3.63) is 12.7 Å². The van der Waals surface area contributed by atoms with Crippen LogP contribution in [0.3, 0.4) is 0 Å². The second-order valence-electron chi connectivity index (χ2n) is 3.18. The van der Waals surface area contributed by atoms with E-state index in [1.165, 1.54) is 0 Å². The minimum Gasteiger partial charge on any atom is -0.385 e. The average Bonchev–Trinajstić information content (AvgIpc) is 2.10. The molecule has 1 N–H and O–H groups in total. The molecule has 0 aliphatic rings. The van der Waals surface area contributed by atoms with Crippen LogP contribution in [-0.4, -0.2) is 26.8 Å². The molecule has 2 unspecified atom stereocenters. The first-order valence-electron chi connectivity index (χ1n) is 4.53. The van der Waals surface area contributed by atoms with Gasteiger partial charge in [-0.05, 0) is 25.8 Å². The number of methoxy groups -OCH3 is 1. The van der Waals surface area contributed by atoms with Gasteiger partial charge in [0.15, 0.2) is 0 Å². The predicted molar refractivity (Wildman–Crippen MR) is 53.3 cm³/mol. The summed E-state index contributed by atoms with van der Waals surface area (Å²) in [7, 11) is 3.74. The smallest absolute Gasteiger partial charge is 0.0465 e. The van der Waals surface area contributed by atoms with Gasteiger partial charge in [-0.3, -0.25) is 0 Å². The monoisotopic (exact) mass is 171 g/mol. The maximum absolute atomic E-state index is 5.03. The third kappa shape index (κ3) is 4.52. The maximum Gasteiger partial charge on any atom is 0.0465 e. The SMILES string of the molecule is C=CCC(NC)C(C)CCOC. The summed E-state index contributed by atoms with van der Waals surface area (Å²) in [6, 6.07) is 0.539. The number of nitrogens with one attached hydrogen (secondary N) is 1. The summed E-state index contributed by atoms with van der Waals surface area (Å²) in [5.41, 5.74) is 0. The first-order valence-corrected chi connectivity index (χ1v) is 4.53. The van der Waals surface area contributed by atoms with E-state index in [9.17, 15) is 0 Å². The second kappa shape index (κ2) is 7.32. The van der Waals surface area contributed by atoms with E-state index in [0.29, 0.717) is 12.0 Å². The Bertz CT molecular complexity index is 114. The molecule has 2 atom stereocenters. The molecule has 2 nitrogen and oxygen atoms in total. The van der Waals surface area contributed by atoms with Crippen LogP contribution < -0.4 is 5.32 Å². The van der Waals surface area contributed by atoms with Gasteiger partial charge in [0.05, 0.1) is 0 Å². The molecule has 12 heavy (non-hydrogen) atoms. The summed E-state index contributed by atoms with van der Waals surface area (Å²) in [5.74, 6) is 0.646. The predicted octanol–water partition coefficient (Wildman–Crippen LogP) is 1.82. The van der Waals surface area contributed by atoms with Crippen LogP contribution in [0.2, 0.25) is 0 Å². The molecule has 0 bridgehead atoms. The first kappa shape index (κ1) is 11.7. The zero-order valence-electron chi connectivity index (χ0n) is 8.47.